The minimum Gasteiger partial charge on any atom is -0.467 e. The molecule has 1 atom stereocenters. The molecule has 0 heterocycles. The number of amides is 1. The normalized spacial score (nSPS) is 11.4. The molecule has 0 saturated heterocycles. The maximum Gasteiger partial charge on any atom is 0.328 e. The van der Waals surface area contributed by atoms with Gasteiger partial charge >= 0.3 is 5.97 Å². The van der Waals surface area contributed by atoms with Gasteiger partial charge in [-0.2, -0.15) is 0 Å². The summed E-state index contributed by atoms with van der Waals surface area (Å²) >= 11 is 0. The number of carbonyl (C=O) groups is 2. The fraction of sp³-hybridized carbons (Fsp3) is 0.176. The van der Waals surface area contributed by atoms with E-state index in [4.69, 9.17) is 4.74 Å². The van der Waals surface area contributed by atoms with Crippen molar-refractivity contribution in [3.8, 4) is 0 Å². The zero-order chi connectivity index (χ0) is 17.5. The summed E-state index contributed by atoms with van der Waals surface area (Å²) in [5.41, 5.74) is 0.763. The summed E-state index contributed by atoms with van der Waals surface area (Å²) in [5, 5.41) is 13.4. The van der Waals surface area contributed by atoms with E-state index in [1.165, 1.54) is 25.3 Å². The van der Waals surface area contributed by atoms with E-state index in [1.807, 2.05) is 30.3 Å². The Kier molecular flexibility index (Phi) is 5.62. The summed E-state index contributed by atoms with van der Waals surface area (Å²) in [6.07, 6.45) is 0.258. The second-order valence-corrected chi connectivity index (χ2v) is 5.05. The van der Waals surface area contributed by atoms with E-state index in [0.29, 0.717) is 0 Å². The first-order valence-electron chi connectivity index (χ1n) is 7.18. The minimum atomic E-state index is -0.885. The molecule has 2 aromatic rings. The molecule has 0 spiro atoms. The quantitative estimate of drug-likeness (QED) is 0.497. The van der Waals surface area contributed by atoms with E-state index < -0.39 is 22.8 Å². The topological polar surface area (TPSA) is 98.5 Å². The molecule has 0 aromatic heterocycles. The van der Waals surface area contributed by atoms with Crippen LogP contribution in [0, 0.1) is 10.1 Å². The van der Waals surface area contributed by atoms with Gasteiger partial charge in [-0.15, -0.1) is 0 Å². The van der Waals surface area contributed by atoms with Crippen LogP contribution in [0.15, 0.2) is 54.6 Å². The summed E-state index contributed by atoms with van der Waals surface area (Å²) in [7, 11) is 1.24. The zero-order valence-corrected chi connectivity index (χ0v) is 13.0. The lowest BCUT2D eigenvalue weighted by Gasteiger charge is -2.16. The van der Waals surface area contributed by atoms with Gasteiger partial charge in [0.15, 0.2) is 0 Å². The van der Waals surface area contributed by atoms with Crippen molar-refractivity contribution in [3.63, 3.8) is 0 Å². The SMILES string of the molecule is COC(=O)[C@H](Cc1ccccc1)NC(=O)c1cccc([N+](=O)[O-])c1. The Morgan fingerprint density at radius 3 is 2.50 bits per heavy atom. The van der Waals surface area contributed by atoms with E-state index in [9.17, 15) is 19.7 Å². The molecule has 0 bridgehead atoms. The average molecular weight is 328 g/mol. The molecule has 24 heavy (non-hydrogen) atoms. The molecule has 124 valence electrons. The first-order chi connectivity index (χ1) is 11.5. The van der Waals surface area contributed by atoms with Gasteiger partial charge in [-0.25, -0.2) is 4.79 Å². The third kappa shape index (κ3) is 4.39. The summed E-state index contributed by atoms with van der Waals surface area (Å²) < 4.78 is 4.72. The Hall–Kier alpha value is -3.22. The highest BCUT2D eigenvalue weighted by molar-refractivity contribution is 5.97. The third-order valence-electron chi connectivity index (χ3n) is 3.39. The molecule has 0 aliphatic carbocycles. The Morgan fingerprint density at radius 1 is 1.17 bits per heavy atom. The number of nitrogens with zero attached hydrogens (tertiary/aromatic N) is 1. The Balaban J connectivity index is 2.16. The van der Waals surface area contributed by atoms with Gasteiger partial charge in [0.05, 0.1) is 12.0 Å². The molecule has 0 saturated carbocycles. The summed E-state index contributed by atoms with van der Waals surface area (Å²) in [6.45, 7) is 0. The van der Waals surface area contributed by atoms with Crippen LogP contribution < -0.4 is 5.32 Å². The highest BCUT2D eigenvalue weighted by Gasteiger charge is 2.23. The largest absolute Gasteiger partial charge is 0.467 e. The van der Waals surface area contributed by atoms with Gasteiger partial charge in [-0.05, 0) is 11.6 Å². The smallest absolute Gasteiger partial charge is 0.328 e. The van der Waals surface area contributed by atoms with Crippen LogP contribution >= 0.6 is 0 Å². The van der Waals surface area contributed by atoms with Gasteiger partial charge in [0.25, 0.3) is 11.6 Å². The van der Waals surface area contributed by atoms with Crippen molar-refractivity contribution >= 4 is 17.6 Å². The Labute approximate surface area is 138 Å². The number of rotatable bonds is 6. The number of ether oxygens (including phenoxy) is 1. The predicted octanol–water partition coefficient (Wildman–Crippen LogP) is 2.11. The van der Waals surface area contributed by atoms with Gasteiger partial charge in [-0.1, -0.05) is 36.4 Å². The fourth-order valence-electron chi connectivity index (χ4n) is 2.19. The van der Waals surface area contributed by atoms with Crippen molar-refractivity contribution in [1.29, 1.82) is 0 Å². The van der Waals surface area contributed by atoms with Crippen LogP contribution in [0.3, 0.4) is 0 Å². The van der Waals surface area contributed by atoms with E-state index in [0.717, 1.165) is 11.6 Å². The number of carbonyl (C=O) groups excluding carboxylic acids is 2. The number of nitro benzene ring substituents is 1. The van der Waals surface area contributed by atoms with Crippen LogP contribution in [-0.2, 0) is 16.0 Å². The Morgan fingerprint density at radius 2 is 1.88 bits per heavy atom. The summed E-state index contributed by atoms with van der Waals surface area (Å²) in [4.78, 5) is 34.4. The van der Waals surface area contributed by atoms with Crippen molar-refractivity contribution in [2.24, 2.45) is 0 Å². The second kappa shape index (κ2) is 7.87. The molecule has 0 unspecified atom stereocenters. The lowest BCUT2D eigenvalue weighted by molar-refractivity contribution is -0.384. The maximum absolute atomic E-state index is 12.3. The van der Waals surface area contributed by atoms with E-state index in [2.05, 4.69) is 5.32 Å². The van der Waals surface area contributed by atoms with Crippen molar-refractivity contribution in [3.05, 3.63) is 75.8 Å². The second-order valence-electron chi connectivity index (χ2n) is 5.05. The molecule has 0 radical (unpaired) electrons. The monoisotopic (exact) mass is 328 g/mol. The average Bonchev–Trinajstić information content (AvgIpc) is 2.61. The van der Waals surface area contributed by atoms with Gasteiger partial charge in [0.2, 0.25) is 0 Å². The van der Waals surface area contributed by atoms with Crippen molar-refractivity contribution in [1.82, 2.24) is 5.32 Å². The molecule has 0 fully saturated rings. The van der Waals surface area contributed by atoms with Crippen LogP contribution in [-0.4, -0.2) is 30.0 Å². The third-order valence-corrected chi connectivity index (χ3v) is 3.39. The highest BCUT2D eigenvalue weighted by atomic mass is 16.6. The number of methoxy groups -OCH3 is 1. The standard InChI is InChI=1S/C17H16N2O5/c1-24-17(21)15(10-12-6-3-2-4-7-12)18-16(20)13-8-5-9-14(11-13)19(22)23/h2-9,11,15H,10H2,1H3,(H,18,20)/t15-/m0/s1. The van der Waals surface area contributed by atoms with Crippen LogP contribution in [0.5, 0.6) is 0 Å². The van der Waals surface area contributed by atoms with Crippen LogP contribution in [0.4, 0.5) is 5.69 Å². The summed E-state index contributed by atoms with van der Waals surface area (Å²) in [5.74, 6) is -1.16. The first-order valence-corrected chi connectivity index (χ1v) is 7.18. The lowest BCUT2D eigenvalue weighted by atomic mass is 10.1. The zero-order valence-electron chi connectivity index (χ0n) is 13.0. The van der Waals surface area contributed by atoms with Crippen molar-refractivity contribution in [2.45, 2.75) is 12.5 Å². The molecule has 2 rings (SSSR count). The molecular formula is C17H16N2O5. The van der Waals surface area contributed by atoms with Crippen LogP contribution in [0.2, 0.25) is 0 Å². The van der Waals surface area contributed by atoms with Crippen LogP contribution in [0.25, 0.3) is 0 Å². The van der Waals surface area contributed by atoms with Gasteiger partial charge in [-0.3, -0.25) is 14.9 Å². The van der Waals surface area contributed by atoms with Gasteiger partial charge in [0, 0.05) is 24.1 Å². The van der Waals surface area contributed by atoms with Gasteiger partial charge in [0.1, 0.15) is 6.04 Å². The van der Waals surface area contributed by atoms with Crippen LogP contribution in [0.1, 0.15) is 15.9 Å². The lowest BCUT2D eigenvalue weighted by Crippen LogP contribution is -2.43. The molecule has 0 aliphatic rings. The highest BCUT2D eigenvalue weighted by Crippen LogP contribution is 2.13. The number of nitrogens with one attached hydrogen (secondary N) is 1. The van der Waals surface area contributed by atoms with Crippen molar-refractivity contribution < 1.29 is 19.2 Å². The van der Waals surface area contributed by atoms with E-state index in [-0.39, 0.29) is 17.7 Å². The van der Waals surface area contributed by atoms with E-state index >= 15 is 0 Å². The Bertz CT molecular complexity index is 746. The molecule has 1 amide bonds. The number of hydrogen-bond donors (Lipinski definition) is 1. The predicted molar refractivity (Wildman–Crippen MR) is 86.5 cm³/mol. The molecule has 7 nitrogen and oxygen atoms in total. The molecule has 2 aromatic carbocycles. The maximum atomic E-state index is 12.3. The van der Waals surface area contributed by atoms with E-state index in [1.54, 1.807) is 0 Å². The number of nitro groups is 1. The van der Waals surface area contributed by atoms with Gasteiger partial charge < -0.3 is 10.1 Å². The van der Waals surface area contributed by atoms with Crippen molar-refractivity contribution in [2.75, 3.05) is 7.11 Å². The first kappa shape index (κ1) is 17.1. The number of benzene rings is 2. The minimum absolute atomic E-state index is 0.103. The summed E-state index contributed by atoms with van der Waals surface area (Å²) in [6, 6.07) is 13.6. The number of hydrogen-bond acceptors (Lipinski definition) is 5. The molecular weight excluding hydrogens is 312 g/mol. The molecule has 1 N–H and O–H groups in total. The number of esters is 1. The number of non-ortho nitro benzene ring substituents is 1. The fourth-order valence-corrected chi connectivity index (χ4v) is 2.19. The molecule has 0 aliphatic heterocycles. The molecule has 7 heteroatoms.